The van der Waals surface area contributed by atoms with Crippen LogP contribution in [0.2, 0.25) is 0 Å². The van der Waals surface area contributed by atoms with Gasteiger partial charge in [0.05, 0.1) is 11.8 Å². The number of carbonyl (C=O) groups is 1. The minimum absolute atomic E-state index is 0.137. The Kier molecular flexibility index (Phi) is 5.29. The number of hydrogen-bond donors (Lipinski definition) is 3. The van der Waals surface area contributed by atoms with Crippen molar-refractivity contribution in [3.05, 3.63) is 63.2 Å². The Morgan fingerprint density at radius 1 is 1.03 bits per heavy atom. The molecule has 3 N–H and O–H groups in total. The zero-order chi connectivity index (χ0) is 20.2. The second-order valence-corrected chi connectivity index (χ2v) is 6.97. The maximum atomic E-state index is 11.3. The van der Waals surface area contributed by atoms with Crippen molar-refractivity contribution in [2.24, 2.45) is 5.10 Å². The average molecular weight is 501 g/mol. The van der Waals surface area contributed by atoms with E-state index in [4.69, 9.17) is 0 Å². The molecular weight excluding hydrogens is 489 g/mol. The highest BCUT2D eigenvalue weighted by atomic mass is 127. The maximum Gasteiger partial charge on any atom is 0.336 e. The largest absolute Gasteiger partial charge is 0.478 e. The van der Waals surface area contributed by atoms with Crippen molar-refractivity contribution < 1.29 is 14.5 Å². The minimum Gasteiger partial charge on any atom is -0.478 e. The van der Waals surface area contributed by atoms with E-state index in [0.29, 0.717) is 11.4 Å². The van der Waals surface area contributed by atoms with Gasteiger partial charge in [-0.25, -0.2) is 14.4 Å². The molecule has 2 aromatic carbocycles. The van der Waals surface area contributed by atoms with Crippen molar-refractivity contribution >= 4 is 63.4 Å². The molecule has 10 nitrogen and oxygen atoms in total. The Morgan fingerprint density at radius 3 is 2.45 bits per heavy atom. The highest BCUT2D eigenvalue weighted by molar-refractivity contribution is 14.1. The molecule has 0 radical (unpaired) electrons. The van der Waals surface area contributed by atoms with E-state index in [-0.39, 0.29) is 22.7 Å². The van der Waals surface area contributed by atoms with Crippen molar-refractivity contribution in [3.63, 3.8) is 0 Å². The lowest BCUT2D eigenvalue weighted by molar-refractivity contribution is 0.0696. The molecule has 0 aliphatic rings. The van der Waals surface area contributed by atoms with Gasteiger partial charge in [-0.2, -0.15) is 10.1 Å². The molecule has 0 spiro atoms. The third kappa shape index (κ3) is 4.29. The van der Waals surface area contributed by atoms with Crippen LogP contribution in [0.15, 0.2) is 58.3 Å². The summed E-state index contributed by atoms with van der Waals surface area (Å²) in [5.41, 5.74) is 4.59. The normalized spacial score (nSPS) is 11.1. The van der Waals surface area contributed by atoms with Gasteiger partial charge in [-0.05, 0) is 63.2 Å². The Balaban J connectivity index is 1.64. The first-order chi connectivity index (χ1) is 14.1. The molecule has 2 heterocycles. The first kappa shape index (κ1) is 18.7. The summed E-state index contributed by atoms with van der Waals surface area (Å²) >= 11 is 2.22. The van der Waals surface area contributed by atoms with Crippen LogP contribution < -0.4 is 10.7 Å². The van der Waals surface area contributed by atoms with Gasteiger partial charge in [0, 0.05) is 14.8 Å². The van der Waals surface area contributed by atoms with Crippen LogP contribution >= 0.6 is 22.6 Å². The molecule has 4 rings (SSSR count). The number of hydrazone groups is 1. The predicted molar refractivity (Wildman–Crippen MR) is 114 cm³/mol. The molecule has 11 heteroatoms. The van der Waals surface area contributed by atoms with Crippen molar-refractivity contribution in [2.45, 2.75) is 0 Å². The second kappa shape index (κ2) is 8.18. The zero-order valence-corrected chi connectivity index (χ0v) is 16.7. The fourth-order valence-electron chi connectivity index (χ4n) is 2.44. The molecule has 4 aromatic rings. The summed E-state index contributed by atoms with van der Waals surface area (Å²) in [6.07, 6.45) is 1.39. The lowest BCUT2D eigenvalue weighted by Crippen LogP contribution is -2.05. The summed E-state index contributed by atoms with van der Waals surface area (Å²) < 4.78 is 5.76. The van der Waals surface area contributed by atoms with E-state index < -0.39 is 5.97 Å². The third-order valence-corrected chi connectivity index (χ3v) is 4.51. The highest BCUT2D eigenvalue weighted by Gasteiger charge is 2.13. The smallest absolute Gasteiger partial charge is 0.336 e. The lowest BCUT2D eigenvalue weighted by Gasteiger charge is -2.09. The third-order valence-electron chi connectivity index (χ3n) is 3.79. The van der Waals surface area contributed by atoms with Gasteiger partial charge < -0.3 is 10.4 Å². The molecule has 2 aromatic heterocycles. The number of aromatic nitrogens is 4. The fourth-order valence-corrected chi connectivity index (χ4v) is 2.80. The predicted octanol–water partition coefficient (Wildman–Crippen LogP) is 3.51. The van der Waals surface area contributed by atoms with Crippen molar-refractivity contribution in [2.75, 3.05) is 10.7 Å². The Bertz CT molecular complexity index is 1210. The number of carboxylic acid groups (broad SMARTS) is 1. The SMILES string of the molecule is O=C(O)c1ccccc1/C=N\Nc1nc2nonc2nc1Nc1ccc(I)cc1. The first-order valence-electron chi connectivity index (χ1n) is 8.24. The number of fused-ring (bicyclic) bond motifs is 1. The summed E-state index contributed by atoms with van der Waals surface area (Å²) in [7, 11) is 0. The molecule has 0 saturated heterocycles. The summed E-state index contributed by atoms with van der Waals surface area (Å²) in [6.45, 7) is 0. The van der Waals surface area contributed by atoms with E-state index in [2.05, 4.69) is 63.3 Å². The number of nitrogens with one attached hydrogen (secondary N) is 2. The number of rotatable bonds is 6. The molecule has 0 saturated carbocycles. The number of halogens is 1. The lowest BCUT2D eigenvalue weighted by atomic mass is 10.1. The van der Waals surface area contributed by atoms with Gasteiger partial charge in [0.2, 0.25) is 11.3 Å². The van der Waals surface area contributed by atoms with Gasteiger partial charge in [0.25, 0.3) is 0 Å². The van der Waals surface area contributed by atoms with Crippen LogP contribution in [-0.2, 0) is 0 Å². The van der Waals surface area contributed by atoms with Gasteiger partial charge in [-0.15, -0.1) is 0 Å². The molecule has 0 fully saturated rings. The second-order valence-electron chi connectivity index (χ2n) is 5.73. The van der Waals surface area contributed by atoms with Gasteiger partial charge in [0.15, 0.2) is 11.6 Å². The molecule has 0 bridgehead atoms. The molecule has 0 aliphatic carbocycles. The van der Waals surface area contributed by atoms with Crippen molar-refractivity contribution in [1.82, 2.24) is 20.3 Å². The summed E-state index contributed by atoms with van der Waals surface area (Å²) in [5, 5.41) is 23.9. The van der Waals surface area contributed by atoms with Gasteiger partial charge in [0.1, 0.15) is 0 Å². The summed E-state index contributed by atoms with van der Waals surface area (Å²) in [6, 6.07) is 14.2. The highest BCUT2D eigenvalue weighted by Crippen LogP contribution is 2.24. The van der Waals surface area contributed by atoms with Crippen molar-refractivity contribution in [1.29, 1.82) is 0 Å². The average Bonchev–Trinajstić information content (AvgIpc) is 3.17. The van der Waals surface area contributed by atoms with E-state index >= 15 is 0 Å². The Hall–Kier alpha value is -3.61. The van der Waals surface area contributed by atoms with Crippen LogP contribution in [0, 0.1) is 3.57 Å². The number of hydrogen-bond acceptors (Lipinski definition) is 9. The molecule has 0 atom stereocenters. The number of aromatic carboxylic acids is 1. The Morgan fingerprint density at radius 2 is 1.72 bits per heavy atom. The van der Waals surface area contributed by atoms with E-state index in [1.54, 1.807) is 18.2 Å². The summed E-state index contributed by atoms with van der Waals surface area (Å²) in [4.78, 5) is 20.0. The van der Waals surface area contributed by atoms with Crippen LogP contribution in [0.4, 0.5) is 17.3 Å². The number of carboxylic acids is 1. The van der Waals surface area contributed by atoms with E-state index in [9.17, 15) is 9.90 Å². The standard InChI is InChI=1S/C18H12IN7O3/c19-11-5-7-12(8-6-11)21-14-15(23-17-16(22-14)25-29-26-17)24-20-9-10-3-1-2-4-13(10)18(27)28/h1-9H,(H,27,28)(H,21,22,25)(H,23,24,26)/b20-9-. The molecule has 144 valence electrons. The van der Waals surface area contributed by atoms with Crippen LogP contribution in [0.25, 0.3) is 11.3 Å². The molecular formula is C18H12IN7O3. The van der Waals surface area contributed by atoms with Crippen molar-refractivity contribution in [3.8, 4) is 0 Å². The van der Waals surface area contributed by atoms with Gasteiger partial charge in [-0.1, -0.05) is 18.2 Å². The Labute approximate surface area is 177 Å². The summed E-state index contributed by atoms with van der Waals surface area (Å²) in [5.74, 6) is -0.406. The van der Waals surface area contributed by atoms with E-state index in [1.165, 1.54) is 12.3 Å². The van der Waals surface area contributed by atoms with Gasteiger partial charge in [-0.3, -0.25) is 5.43 Å². The molecule has 0 aliphatic heterocycles. The van der Waals surface area contributed by atoms with E-state index in [1.807, 2.05) is 24.3 Å². The zero-order valence-electron chi connectivity index (χ0n) is 14.6. The van der Waals surface area contributed by atoms with Crippen LogP contribution in [-0.4, -0.2) is 37.6 Å². The fraction of sp³-hybridized carbons (Fsp3) is 0. The molecule has 29 heavy (non-hydrogen) atoms. The monoisotopic (exact) mass is 501 g/mol. The number of benzene rings is 2. The maximum absolute atomic E-state index is 11.3. The first-order valence-corrected chi connectivity index (χ1v) is 9.32. The number of nitrogens with zero attached hydrogens (tertiary/aromatic N) is 5. The van der Waals surface area contributed by atoms with Crippen LogP contribution in [0.5, 0.6) is 0 Å². The van der Waals surface area contributed by atoms with Crippen LogP contribution in [0.3, 0.4) is 0 Å². The molecule has 0 unspecified atom stereocenters. The quantitative estimate of drug-likeness (QED) is 0.206. The van der Waals surface area contributed by atoms with E-state index in [0.717, 1.165) is 9.26 Å². The topological polar surface area (TPSA) is 138 Å². The molecule has 0 amide bonds. The minimum atomic E-state index is -1.04. The van der Waals surface area contributed by atoms with Gasteiger partial charge >= 0.3 is 5.97 Å². The number of anilines is 3. The van der Waals surface area contributed by atoms with Crippen LogP contribution in [0.1, 0.15) is 15.9 Å².